The third kappa shape index (κ3) is 6.40. The number of esters is 1. The summed E-state index contributed by atoms with van der Waals surface area (Å²) in [5, 5.41) is 6.37. The van der Waals surface area contributed by atoms with Gasteiger partial charge >= 0.3 is 5.97 Å². The minimum atomic E-state index is -0.525. The number of rotatable bonds is 9. The molecule has 0 saturated heterocycles. The van der Waals surface area contributed by atoms with E-state index in [4.69, 9.17) is 25.8 Å². The number of amides is 1. The molecule has 7 nitrogen and oxygen atoms in total. The van der Waals surface area contributed by atoms with E-state index in [1.165, 1.54) is 6.21 Å². The lowest BCUT2D eigenvalue weighted by atomic mass is 10.0. The van der Waals surface area contributed by atoms with Crippen molar-refractivity contribution in [2.75, 3.05) is 13.2 Å². The summed E-state index contributed by atoms with van der Waals surface area (Å²) in [6, 6.07) is 24.5. The summed E-state index contributed by atoms with van der Waals surface area (Å²) in [5.41, 5.74) is 3.36. The zero-order chi connectivity index (χ0) is 25.3. The van der Waals surface area contributed by atoms with Crippen LogP contribution >= 0.6 is 11.6 Å². The highest BCUT2D eigenvalue weighted by molar-refractivity contribution is 6.30. The van der Waals surface area contributed by atoms with E-state index in [0.29, 0.717) is 40.0 Å². The molecule has 4 rings (SSSR count). The van der Waals surface area contributed by atoms with Crippen LogP contribution in [0, 0.1) is 0 Å². The van der Waals surface area contributed by atoms with Gasteiger partial charge in [-0.1, -0.05) is 41.9 Å². The second kappa shape index (κ2) is 11.9. The molecule has 0 saturated carbocycles. The first-order chi connectivity index (χ1) is 17.5. The molecule has 0 aromatic heterocycles. The Bertz CT molecular complexity index is 1390. The summed E-state index contributed by atoms with van der Waals surface area (Å²) in [4.78, 5) is 25.0. The van der Waals surface area contributed by atoms with Gasteiger partial charge in [0.05, 0.1) is 18.4 Å². The van der Waals surface area contributed by atoms with E-state index < -0.39 is 11.9 Å². The standard InChI is InChI=1S/C28H23ClN2O5/c1-2-34-22-12-7-20(8-13-22)28(33)36-26-16-9-19-5-3-4-6-24(19)25(26)17-30-31-27(32)18-35-23-14-10-21(29)11-15-23/h3-17H,2,18H2,1H3,(H,31,32)/b30-17+. The van der Waals surface area contributed by atoms with Gasteiger partial charge in [-0.2, -0.15) is 5.10 Å². The molecule has 0 bridgehead atoms. The molecule has 0 spiro atoms. The number of fused-ring (bicyclic) bond motifs is 1. The highest BCUT2D eigenvalue weighted by atomic mass is 35.5. The van der Waals surface area contributed by atoms with E-state index in [9.17, 15) is 9.59 Å². The van der Waals surface area contributed by atoms with E-state index in [-0.39, 0.29) is 6.61 Å². The van der Waals surface area contributed by atoms with Crippen molar-refractivity contribution in [3.63, 3.8) is 0 Å². The third-order valence-electron chi connectivity index (χ3n) is 5.10. The fraction of sp³-hybridized carbons (Fsp3) is 0.107. The maximum absolute atomic E-state index is 12.8. The first-order valence-corrected chi connectivity index (χ1v) is 11.6. The minimum Gasteiger partial charge on any atom is -0.494 e. The highest BCUT2D eigenvalue weighted by Gasteiger charge is 2.14. The summed E-state index contributed by atoms with van der Waals surface area (Å²) in [7, 11) is 0. The Morgan fingerprint density at radius 3 is 2.33 bits per heavy atom. The molecule has 182 valence electrons. The number of hydrazone groups is 1. The Kier molecular flexibility index (Phi) is 8.16. The third-order valence-corrected chi connectivity index (χ3v) is 5.35. The van der Waals surface area contributed by atoms with Crippen LogP contribution in [0.5, 0.6) is 17.2 Å². The van der Waals surface area contributed by atoms with Gasteiger partial charge < -0.3 is 14.2 Å². The zero-order valence-electron chi connectivity index (χ0n) is 19.4. The molecular formula is C28H23ClN2O5. The predicted molar refractivity (Wildman–Crippen MR) is 139 cm³/mol. The van der Waals surface area contributed by atoms with Crippen molar-refractivity contribution in [2.24, 2.45) is 5.10 Å². The molecule has 0 unspecified atom stereocenters. The molecule has 4 aromatic rings. The van der Waals surface area contributed by atoms with E-state index in [0.717, 1.165) is 10.8 Å². The average Bonchev–Trinajstić information content (AvgIpc) is 2.90. The van der Waals surface area contributed by atoms with Crippen molar-refractivity contribution in [2.45, 2.75) is 6.92 Å². The molecule has 4 aromatic carbocycles. The summed E-state index contributed by atoms with van der Waals surface area (Å²) in [5.74, 6) is 0.514. The summed E-state index contributed by atoms with van der Waals surface area (Å²) >= 11 is 5.85. The first kappa shape index (κ1) is 24.8. The van der Waals surface area contributed by atoms with Crippen LogP contribution in [-0.2, 0) is 4.79 Å². The van der Waals surface area contributed by atoms with Crippen LogP contribution in [0.3, 0.4) is 0 Å². The minimum absolute atomic E-state index is 0.228. The van der Waals surface area contributed by atoms with Gasteiger partial charge in [-0.15, -0.1) is 0 Å². The van der Waals surface area contributed by atoms with Crippen LogP contribution in [0.2, 0.25) is 5.02 Å². The van der Waals surface area contributed by atoms with E-state index in [2.05, 4.69) is 10.5 Å². The average molecular weight is 503 g/mol. The number of halogens is 1. The van der Waals surface area contributed by atoms with Gasteiger partial charge in [-0.25, -0.2) is 10.2 Å². The van der Waals surface area contributed by atoms with Crippen molar-refractivity contribution in [1.29, 1.82) is 0 Å². The van der Waals surface area contributed by atoms with Gasteiger partial charge in [-0.05, 0) is 72.3 Å². The molecule has 36 heavy (non-hydrogen) atoms. The SMILES string of the molecule is CCOc1ccc(C(=O)Oc2ccc3ccccc3c2/C=N/NC(=O)COc2ccc(Cl)cc2)cc1. The van der Waals surface area contributed by atoms with E-state index in [1.807, 2.05) is 37.3 Å². The van der Waals surface area contributed by atoms with Crippen molar-refractivity contribution in [3.8, 4) is 17.2 Å². The van der Waals surface area contributed by atoms with Gasteiger partial charge in [0, 0.05) is 10.6 Å². The fourth-order valence-corrected chi connectivity index (χ4v) is 3.52. The molecule has 0 fully saturated rings. The lowest BCUT2D eigenvalue weighted by molar-refractivity contribution is -0.123. The van der Waals surface area contributed by atoms with Gasteiger partial charge in [0.2, 0.25) is 0 Å². The maximum atomic E-state index is 12.8. The highest BCUT2D eigenvalue weighted by Crippen LogP contribution is 2.27. The smallest absolute Gasteiger partial charge is 0.343 e. The predicted octanol–water partition coefficient (Wildman–Crippen LogP) is 5.64. The lowest BCUT2D eigenvalue weighted by Crippen LogP contribution is -2.24. The van der Waals surface area contributed by atoms with Crippen molar-refractivity contribution in [1.82, 2.24) is 5.43 Å². The largest absolute Gasteiger partial charge is 0.494 e. The van der Waals surface area contributed by atoms with E-state index >= 15 is 0 Å². The summed E-state index contributed by atoms with van der Waals surface area (Å²) in [6.07, 6.45) is 1.45. The number of hydrogen-bond donors (Lipinski definition) is 1. The van der Waals surface area contributed by atoms with Crippen molar-refractivity contribution in [3.05, 3.63) is 101 Å². The lowest BCUT2D eigenvalue weighted by Gasteiger charge is -2.11. The van der Waals surface area contributed by atoms with Crippen LogP contribution in [0.1, 0.15) is 22.8 Å². The summed E-state index contributed by atoms with van der Waals surface area (Å²) in [6.45, 7) is 2.20. The summed E-state index contributed by atoms with van der Waals surface area (Å²) < 4.78 is 16.5. The normalized spacial score (nSPS) is 10.8. The van der Waals surface area contributed by atoms with Gasteiger partial charge in [-0.3, -0.25) is 4.79 Å². The molecule has 0 radical (unpaired) electrons. The van der Waals surface area contributed by atoms with Gasteiger partial charge in [0.25, 0.3) is 5.91 Å². The number of nitrogens with zero attached hydrogens (tertiary/aromatic N) is 1. The van der Waals surface area contributed by atoms with Crippen LogP contribution in [0.25, 0.3) is 10.8 Å². The number of carbonyl (C=O) groups excluding carboxylic acids is 2. The van der Waals surface area contributed by atoms with E-state index in [1.54, 1.807) is 54.6 Å². The van der Waals surface area contributed by atoms with Crippen LogP contribution in [0.4, 0.5) is 0 Å². The maximum Gasteiger partial charge on any atom is 0.343 e. The Morgan fingerprint density at radius 2 is 1.58 bits per heavy atom. The Hall–Kier alpha value is -4.36. The molecule has 0 heterocycles. The number of benzene rings is 4. The van der Waals surface area contributed by atoms with Crippen molar-refractivity contribution >= 4 is 40.5 Å². The number of hydrogen-bond acceptors (Lipinski definition) is 6. The molecule has 0 aliphatic rings. The molecule has 0 aliphatic heterocycles. The molecular weight excluding hydrogens is 480 g/mol. The Morgan fingerprint density at radius 1 is 0.889 bits per heavy atom. The second-order valence-corrected chi connectivity index (χ2v) is 8.02. The molecule has 0 atom stereocenters. The number of nitrogens with one attached hydrogen (secondary N) is 1. The van der Waals surface area contributed by atoms with Gasteiger partial charge in [0.15, 0.2) is 6.61 Å². The van der Waals surface area contributed by atoms with Crippen LogP contribution in [0.15, 0.2) is 90.0 Å². The van der Waals surface area contributed by atoms with Crippen LogP contribution < -0.4 is 19.6 Å². The quantitative estimate of drug-likeness (QED) is 0.138. The Balaban J connectivity index is 1.48. The zero-order valence-corrected chi connectivity index (χ0v) is 20.2. The van der Waals surface area contributed by atoms with Gasteiger partial charge in [0.1, 0.15) is 17.2 Å². The van der Waals surface area contributed by atoms with Crippen LogP contribution in [-0.4, -0.2) is 31.3 Å². The molecule has 1 amide bonds. The fourth-order valence-electron chi connectivity index (χ4n) is 3.39. The Labute approximate surface area is 213 Å². The first-order valence-electron chi connectivity index (χ1n) is 11.2. The molecule has 8 heteroatoms. The number of carbonyl (C=O) groups is 2. The number of ether oxygens (including phenoxy) is 3. The monoisotopic (exact) mass is 502 g/mol. The second-order valence-electron chi connectivity index (χ2n) is 7.58. The topological polar surface area (TPSA) is 86.2 Å². The molecule has 1 N–H and O–H groups in total. The molecule has 0 aliphatic carbocycles. The van der Waals surface area contributed by atoms with Crippen molar-refractivity contribution < 1.29 is 23.8 Å².